The van der Waals surface area contributed by atoms with Crippen LogP contribution in [0.4, 0.5) is 0 Å². The number of hydrogen-bond acceptors (Lipinski definition) is 4. The molecule has 2 aromatic carbocycles. The van der Waals surface area contributed by atoms with Crippen LogP contribution in [0.15, 0.2) is 36.4 Å². The highest BCUT2D eigenvalue weighted by Crippen LogP contribution is 2.28. The van der Waals surface area contributed by atoms with E-state index in [1.165, 1.54) is 0 Å². The van der Waals surface area contributed by atoms with Crippen molar-refractivity contribution in [2.75, 3.05) is 6.54 Å². The summed E-state index contributed by atoms with van der Waals surface area (Å²) in [5.41, 5.74) is 3.29. The van der Waals surface area contributed by atoms with Crippen LogP contribution in [0.2, 0.25) is 5.02 Å². The third-order valence-electron chi connectivity index (χ3n) is 4.19. The van der Waals surface area contributed by atoms with Crippen molar-refractivity contribution in [3.8, 4) is 11.8 Å². The molecule has 2 heterocycles. The molecule has 24 heavy (non-hydrogen) atoms. The summed E-state index contributed by atoms with van der Waals surface area (Å²) < 4.78 is 8.20. The smallest absolute Gasteiger partial charge is 0.147 e. The van der Waals surface area contributed by atoms with E-state index in [0.717, 1.165) is 47.8 Å². The number of aromatic nitrogens is 2. The van der Waals surface area contributed by atoms with E-state index in [1.54, 1.807) is 12.1 Å². The lowest BCUT2D eigenvalue weighted by molar-refractivity contribution is 0.309. The molecule has 3 aromatic rings. The number of nitrogens with zero attached hydrogens (tertiary/aromatic N) is 3. The maximum Gasteiger partial charge on any atom is 0.147 e. The maximum absolute atomic E-state index is 9.24. The lowest BCUT2D eigenvalue weighted by Gasteiger charge is -2.15. The second-order valence-corrected chi connectivity index (χ2v) is 6.12. The van der Waals surface area contributed by atoms with Gasteiger partial charge in [0.25, 0.3) is 0 Å². The number of imidazole rings is 1. The molecule has 5 nitrogen and oxygen atoms in total. The van der Waals surface area contributed by atoms with Gasteiger partial charge in [-0.05, 0) is 24.3 Å². The van der Waals surface area contributed by atoms with Gasteiger partial charge in [-0.15, -0.1) is 0 Å². The largest absolute Gasteiger partial charge is 0.487 e. The minimum Gasteiger partial charge on any atom is -0.487 e. The SMILES string of the molecule is N#Cc1cc(Cl)ccc1COc1cccc2c1nc1n2CCNC1. The zero-order valence-electron chi connectivity index (χ0n) is 12.9. The zero-order valence-corrected chi connectivity index (χ0v) is 13.7. The number of fused-ring (bicyclic) bond motifs is 3. The molecule has 0 unspecified atom stereocenters. The number of hydrogen-bond donors (Lipinski definition) is 1. The van der Waals surface area contributed by atoms with Gasteiger partial charge in [-0.3, -0.25) is 0 Å². The molecule has 0 radical (unpaired) electrons. The molecule has 1 aliphatic rings. The Hall–Kier alpha value is -2.55. The standard InChI is InChI=1S/C18H15ClN4O/c19-14-5-4-12(13(8-14)9-20)11-24-16-3-1-2-15-18(16)22-17-10-21-6-7-23(15)17/h1-5,8,21H,6-7,10-11H2. The van der Waals surface area contributed by atoms with Gasteiger partial charge in [0.05, 0.1) is 23.7 Å². The van der Waals surface area contributed by atoms with Gasteiger partial charge < -0.3 is 14.6 Å². The number of nitriles is 1. The van der Waals surface area contributed by atoms with Crippen LogP contribution in [-0.2, 0) is 19.7 Å². The first-order valence-electron chi connectivity index (χ1n) is 7.76. The van der Waals surface area contributed by atoms with E-state index in [-0.39, 0.29) is 0 Å². The molecule has 120 valence electrons. The van der Waals surface area contributed by atoms with Crippen molar-refractivity contribution in [2.45, 2.75) is 19.7 Å². The van der Waals surface area contributed by atoms with Crippen LogP contribution in [-0.4, -0.2) is 16.1 Å². The Bertz CT molecular complexity index is 958. The molecule has 0 aliphatic carbocycles. The van der Waals surface area contributed by atoms with Crippen LogP contribution in [0.5, 0.6) is 5.75 Å². The second kappa shape index (κ2) is 6.16. The van der Waals surface area contributed by atoms with Crippen molar-refractivity contribution in [1.82, 2.24) is 14.9 Å². The van der Waals surface area contributed by atoms with Gasteiger partial charge in [-0.25, -0.2) is 4.98 Å². The first-order valence-corrected chi connectivity index (χ1v) is 8.14. The molecule has 1 aromatic heterocycles. The Morgan fingerprint density at radius 1 is 1.33 bits per heavy atom. The minimum atomic E-state index is 0.305. The highest BCUT2D eigenvalue weighted by molar-refractivity contribution is 6.30. The third-order valence-corrected chi connectivity index (χ3v) is 4.43. The Labute approximate surface area is 144 Å². The summed E-state index contributed by atoms with van der Waals surface area (Å²) in [5, 5.41) is 13.1. The van der Waals surface area contributed by atoms with Gasteiger partial charge in [0.15, 0.2) is 0 Å². The van der Waals surface area contributed by atoms with Crippen molar-refractivity contribution >= 4 is 22.6 Å². The lowest BCUT2D eigenvalue weighted by Crippen LogP contribution is -2.28. The van der Waals surface area contributed by atoms with Gasteiger partial charge in [-0.2, -0.15) is 5.26 Å². The zero-order chi connectivity index (χ0) is 16.5. The summed E-state index contributed by atoms with van der Waals surface area (Å²) in [6, 6.07) is 13.4. The Balaban J connectivity index is 1.66. The first-order chi connectivity index (χ1) is 11.8. The van der Waals surface area contributed by atoms with Crippen LogP contribution in [0.3, 0.4) is 0 Å². The second-order valence-electron chi connectivity index (χ2n) is 5.68. The van der Waals surface area contributed by atoms with Crippen LogP contribution >= 0.6 is 11.6 Å². The van der Waals surface area contributed by atoms with Crippen LogP contribution in [0, 0.1) is 11.3 Å². The average Bonchev–Trinajstić information content (AvgIpc) is 3.00. The fourth-order valence-corrected chi connectivity index (χ4v) is 3.17. The highest BCUT2D eigenvalue weighted by Gasteiger charge is 2.17. The van der Waals surface area contributed by atoms with Crippen LogP contribution in [0.25, 0.3) is 11.0 Å². The predicted molar refractivity (Wildman–Crippen MR) is 91.9 cm³/mol. The molecule has 0 spiro atoms. The number of para-hydroxylation sites is 1. The van der Waals surface area contributed by atoms with Gasteiger partial charge in [-0.1, -0.05) is 23.7 Å². The van der Waals surface area contributed by atoms with Crippen molar-refractivity contribution < 1.29 is 4.74 Å². The van der Waals surface area contributed by atoms with Crippen molar-refractivity contribution in [3.05, 3.63) is 58.4 Å². The van der Waals surface area contributed by atoms with Crippen molar-refractivity contribution in [2.24, 2.45) is 0 Å². The summed E-state index contributed by atoms with van der Waals surface area (Å²) in [7, 11) is 0. The van der Waals surface area contributed by atoms with E-state index in [4.69, 9.17) is 21.3 Å². The van der Waals surface area contributed by atoms with E-state index < -0.39 is 0 Å². The number of rotatable bonds is 3. The van der Waals surface area contributed by atoms with Crippen LogP contribution < -0.4 is 10.1 Å². The maximum atomic E-state index is 9.24. The van der Waals surface area contributed by atoms with Crippen LogP contribution in [0.1, 0.15) is 17.0 Å². The molecule has 1 aliphatic heterocycles. The predicted octanol–water partition coefficient (Wildman–Crippen LogP) is 3.24. The van der Waals surface area contributed by atoms with E-state index in [9.17, 15) is 5.26 Å². The van der Waals surface area contributed by atoms with Gasteiger partial charge >= 0.3 is 0 Å². The Kier molecular flexibility index (Phi) is 3.85. The third kappa shape index (κ3) is 2.60. The molecular weight excluding hydrogens is 324 g/mol. The molecule has 1 N–H and O–H groups in total. The first kappa shape index (κ1) is 15.0. The number of ether oxygens (including phenoxy) is 1. The molecule has 6 heteroatoms. The molecular formula is C18H15ClN4O. The summed E-state index contributed by atoms with van der Waals surface area (Å²) in [6.07, 6.45) is 0. The summed E-state index contributed by atoms with van der Waals surface area (Å²) in [4.78, 5) is 4.71. The summed E-state index contributed by atoms with van der Waals surface area (Å²) in [6.45, 7) is 2.93. The fourth-order valence-electron chi connectivity index (χ4n) is 3.00. The minimum absolute atomic E-state index is 0.305. The Morgan fingerprint density at radius 3 is 3.12 bits per heavy atom. The molecule has 0 amide bonds. The molecule has 0 bridgehead atoms. The molecule has 4 rings (SSSR count). The van der Waals surface area contributed by atoms with E-state index in [0.29, 0.717) is 17.2 Å². The van der Waals surface area contributed by atoms with Crippen molar-refractivity contribution in [3.63, 3.8) is 0 Å². The van der Waals surface area contributed by atoms with E-state index >= 15 is 0 Å². The monoisotopic (exact) mass is 338 g/mol. The lowest BCUT2D eigenvalue weighted by atomic mass is 10.1. The molecule has 0 atom stereocenters. The Morgan fingerprint density at radius 2 is 2.25 bits per heavy atom. The number of halogens is 1. The molecule has 0 saturated carbocycles. The quantitative estimate of drug-likeness (QED) is 0.796. The van der Waals surface area contributed by atoms with E-state index in [2.05, 4.69) is 22.0 Å². The van der Waals surface area contributed by atoms with E-state index in [1.807, 2.05) is 18.2 Å². The van der Waals surface area contributed by atoms with Gasteiger partial charge in [0, 0.05) is 23.7 Å². The molecule has 0 saturated heterocycles. The summed E-state index contributed by atoms with van der Waals surface area (Å²) >= 11 is 5.94. The number of nitrogens with one attached hydrogen (secondary N) is 1. The van der Waals surface area contributed by atoms with Gasteiger partial charge in [0.1, 0.15) is 23.7 Å². The molecule has 0 fully saturated rings. The fraction of sp³-hybridized carbons (Fsp3) is 0.222. The highest BCUT2D eigenvalue weighted by atomic mass is 35.5. The number of benzene rings is 2. The topological polar surface area (TPSA) is 62.9 Å². The summed E-state index contributed by atoms with van der Waals surface area (Å²) in [5.74, 6) is 1.75. The van der Waals surface area contributed by atoms with Gasteiger partial charge in [0.2, 0.25) is 0 Å². The average molecular weight is 339 g/mol. The van der Waals surface area contributed by atoms with Crippen molar-refractivity contribution in [1.29, 1.82) is 5.26 Å². The normalized spacial score (nSPS) is 13.5.